The molecular weight excluding hydrogens is 194 g/mol. The molecule has 0 amide bonds. The lowest BCUT2D eigenvalue weighted by molar-refractivity contribution is 0.0459. The third-order valence-electron chi connectivity index (χ3n) is 1.81. The topological polar surface area (TPSA) is 67.9 Å². The van der Waals surface area contributed by atoms with E-state index in [0.717, 1.165) is 5.56 Å². The maximum Gasteiger partial charge on any atom is 0.378 e. The van der Waals surface area contributed by atoms with E-state index in [1.54, 1.807) is 0 Å². The number of benzene rings is 1. The summed E-state index contributed by atoms with van der Waals surface area (Å²) >= 11 is 0. The van der Waals surface area contributed by atoms with Gasteiger partial charge in [0.25, 0.3) is 5.82 Å². The Hall–Kier alpha value is -2.17. The van der Waals surface area contributed by atoms with Crippen molar-refractivity contribution in [3.63, 3.8) is 0 Å². The minimum absolute atomic E-state index is 0.0472. The highest BCUT2D eigenvalue weighted by molar-refractivity contribution is 5.84. The molecule has 76 valence electrons. The molecule has 1 aromatic heterocycles. The van der Waals surface area contributed by atoms with Crippen LogP contribution in [0.3, 0.4) is 0 Å². The second-order valence-electron chi connectivity index (χ2n) is 2.88. The van der Waals surface area contributed by atoms with Gasteiger partial charge in [0.2, 0.25) is 0 Å². The Morgan fingerprint density at radius 3 is 2.80 bits per heavy atom. The number of aromatic nitrogens is 3. The van der Waals surface area contributed by atoms with Gasteiger partial charge in [-0.15, -0.1) is 5.10 Å². The lowest BCUT2D eigenvalue weighted by Crippen LogP contribution is -2.07. The Balaban J connectivity index is 1.92. The molecular formula is C10H9N3O2. The number of carbonyl (C=O) groups excluding carboxylic acids is 1. The summed E-state index contributed by atoms with van der Waals surface area (Å²) in [7, 11) is 0. The third kappa shape index (κ3) is 2.40. The molecule has 5 nitrogen and oxygen atoms in total. The first-order valence-electron chi connectivity index (χ1n) is 4.43. The zero-order valence-corrected chi connectivity index (χ0v) is 7.88. The van der Waals surface area contributed by atoms with Crippen molar-refractivity contribution < 1.29 is 9.53 Å². The minimum Gasteiger partial charge on any atom is -0.455 e. The Bertz CT molecular complexity index is 425. The van der Waals surface area contributed by atoms with Crippen molar-refractivity contribution in [3.8, 4) is 0 Å². The number of aromatic amines is 1. The molecule has 0 saturated carbocycles. The average Bonchev–Trinajstić information content (AvgIpc) is 2.81. The highest BCUT2D eigenvalue weighted by atomic mass is 16.5. The van der Waals surface area contributed by atoms with Gasteiger partial charge < -0.3 is 4.74 Å². The van der Waals surface area contributed by atoms with Crippen LogP contribution < -0.4 is 0 Å². The summed E-state index contributed by atoms with van der Waals surface area (Å²) < 4.78 is 4.99. The van der Waals surface area contributed by atoms with E-state index in [1.807, 2.05) is 30.3 Å². The summed E-state index contributed by atoms with van der Waals surface area (Å²) in [6.07, 6.45) is 1.33. The summed E-state index contributed by atoms with van der Waals surface area (Å²) in [6, 6.07) is 9.43. The van der Waals surface area contributed by atoms with Crippen molar-refractivity contribution in [1.29, 1.82) is 0 Å². The van der Waals surface area contributed by atoms with Gasteiger partial charge in [-0.3, -0.25) is 5.10 Å². The maximum absolute atomic E-state index is 11.3. The van der Waals surface area contributed by atoms with Crippen LogP contribution in [-0.4, -0.2) is 21.2 Å². The van der Waals surface area contributed by atoms with E-state index in [4.69, 9.17) is 4.74 Å². The molecule has 15 heavy (non-hydrogen) atoms. The first-order valence-corrected chi connectivity index (χ1v) is 4.43. The van der Waals surface area contributed by atoms with Crippen molar-refractivity contribution >= 4 is 5.97 Å². The fourth-order valence-electron chi connectivity index (χ4n) is 1.09. The van der Waals surface area contributed by atoms with Gasteiger partial charge in [0.05, 0.1) is 0 Å². The summed E-state index contributed by atoms with van der Waals surface area (Å²) in [5.74, 6) is -0.481. The smallest absolute Gasteiger partial charge is 0.378 e. The highest BCUT2D eigenvalue weighted by Gasteiger charge is 2.10. The number of hydrogen-bond donors (Lipinski definition) is 1. The first kappa shape index (κ1) is 9.39. The monoisotopic (exact) mass is 203 g/mol. The van der Waals surface area contributed by atoms with Crippen LogP contribution in [0.15, 0.2) is 36.7 Å². The standard InChI is InChI=1S/C10H9N3O2/c14-10(9-11-7-12-13-9)15-6-8-4-2-1-3-5-8/h1-5,7H,6H2,(H,11,12,13). The zero-order chi connectivity index (χ0) is 10.5. The van der Waals surface area contributed by atoms with Gasteiger partial charge in [-0.05, 0) is 5.56 Å². The van der Waals surface area contributed by atoms with Crippen molar-refractivity contribution in [3.05, 3.63) is 48.0 Å². The normalized spacial score (nSPS) is 9.87. The van der Waals surface area contributed by atoms with E-state index in [2.05, 4.69) is 15.2 Å². The van der Waals surface area contributed by atoms with E-state index in [9.17, 15) is 4.79 Å². The molecule has 0 aliphatic rings. The largest absolute Gasteiger partial charge is 0.455 e. The van der Waals surface area contributed by atoms with Crippen molar-refractivity contribution in [2.45, 2.75) is 6.61 Å². The van der Waals surface area contributed by atoms with E-state index in [0.29, 0.717) is 0 Å². The molecule has 0 unspecified atom stereocenters. The van der Waals surface area contributed by atoms with E-state index >= 15 is 0 Å². The fraction of sp³-hybridized carbons (Fsp3) is 0.100. The molecule has 0 radical (unpaired) electrons. The molecule has 0 atom stereocenters. The molecule has 0 bridgehead atoms. The molecule has 1 heterocycles. The number of nitrogens with one attached hydrogen (secondary N) is 1. The number of ether oxygens (including phenoxy) is 1. The van der Waals surface area contributed by atoms with E-state index < -0.39 is 5.97 Å². The van der Waals surface area contributed by atoms with Gasteiger partial charge in [0.15, 0.2) is 0 Å². The van der Waals surface area contributed by atoms with Crippen LogP contribution in [0, 0.1) is 0 Å². The van der Waals surface area contributed by atoms with Crippen molar-refractivity contribution in [2.75, 3.05) is 0 Å². The first-order chi connectivity index (χ1) is 7.36. The van der Waals surface area contributed by atoms with Gasteiger partial charge >= 0.3 is 5.97 Å². The molecule has 0 aliphatic carbocycles. The molecule has 0 saturated heterocycles. The predicted octanol–water partition coefficient (Wildman–Crippen LogP) is 1.16. The van der Waals surface area contributed by atoms with Gasteiger partial charge in [0.1, 0.15) is 12.9 Å². The van der Waals surface area contributed by atoms with Crippen LogP contribution in [0.4, 0.5) is 0 Å². The quantitative estimate of drug-likeness (QED) is 0.760. The number of esters is 1. The number of rotatable bonds is 3. The third-order valence-corrected chi connectivity index (χ3v) is 1.81. The van der Waals surface area contributed by atoms with E-state index in [1.165, 1.54) is 6.33 Å². The van der Waals surface area contributed by atoms with Crippen LogP contribution in [0.2, 0.25) is 0 Å². The zero-order valence-electron chi connectivity index (χ0n) is 7.88. The Kier molecular flexibility index (Phi) is 2.73. The van der Waals surface area contributed by atoms with Gasteiger partial charge in [-0.25, -0.2) is 9.78 Å². The number of carbonyl (C=O) groups is 1. The van der Waals surface area contributed by atoms with E-state index in [-0.39, 0.29) is 12.4 Å². The molecule has 2 rings (SSSR count). The summed E-state index contributed by atoms with van der Waals surface area (Å²) in [4.78, 5) is 15.0. The molecule has 0 fully saturated rings. The second-order valence-corrected chi connectivity index (χ2v) is 2.88. The maximum atomic E-state index is 11.3. The lowest BCUT2D eigenvalue weighted by Gasteiger charge is -2.01. The number of H-pyrrole nitrogens is 1. The van der Waals surface area contributed by atoms with Crippen LogP contribution in [0.1, 0.15) is 16.2 Å². The second kappa shape index (κ2) is 4.36. The predicted molar refractivity (Wildman–Crippen MR) is 51.9 cm³/mol. The lowest BCUT2D eigenvalue weighted by atomic mass is 10.2. The van der Waals surface area contributed by atoms with Crippen LogP contribution >= 0.6 is 0 Å². The molecule has 1 aromatic carbocycles. The Morgan fingerprint density at radius 2 is 2.13 bits per heavy atom. The van der Waals surface area contributed by atoms with Gasteiger partial charge in [-0.2, -0.15) is 0 Å². The fourth-order valence-corrected chi connectivity index (χ4v) is 1.09. The highest BCUT2D eigenvalue weighted by Crippen LogP contribution is 2.02. The molecule has 5 heteroatoms. The van der Waals surface area contributed by atoms with Crippen molar-refractivity contribution in [1.82, 2.24) is 15.2 Å². The molecule has 1 N–H and O–H groups in total. The summed E-state index contributed by atoms with van der Waals surface area (Å²) in [5, 5.41) is 6.06. The molecule has 0 aliphatic heterocycles. The summed E-state index contributed by atoms with van der Waals surface area (Å²) in [6.45, 7) is 0.230. The summed E-state index contributed by atoms with van der Waals surface area (Å²) in [5.41, 5.74) is 0.932. The Morgan fingerprint density at radius 1 is 1.33 bits per heavy atom. The van der Waals surface area contributed by atoms with Crippen LogP contribution in [-0.2, 0) is 11.3 Å². The molecule has 2 aromatic rings. The number of hydrogen-bond acceptors (Lipinski definition) is 4. The van der Waals surface area contributed by atoms with Gasteiger partial charge in [0, 0.05) is 0 Å². The minimum atomic E-state index is -0.528. The van der Waals surface area contributed by atoms with Crippen molar-refractivity contribution in [2.24, 2.45) is 0 Å². The number of nitrogens with zero attached hydrogens (tertiary/aromatic N) is 2. The van der Waals surface area contributed by atoms with Crippen LogP contribution in [0.25, 0.3) is 0 Å². The average molecular weight is 203 g/mol. The van der Waals surface area contributed by atoms with Crippen LogP contribution in [0.5, 0.6) is 0 Å². The molecule has 0 spiro atoms. The Labute approximate surface area is 86.1 Å². The SMILES string of the molecule is O=C(OCc1ccccc1)c1nc[nH]n1. The van der Waals surface area contributed by atoms with Gasteiger partial charge in [-0.1, -0.05) is 30.3 Å².